The minimum Gasteiger partial charge on any atom is -0.484 e. The highest BCUT2D eigenvalue weighted by Crippen LogP contribution is 2.33. The van der Waals surface area contributed by atoms with Crippen LogP contribution in [0.3, 0.4) is 0 Å². The van der Waals surface area contributed by atoms with Gasteiger partial charge in [0.15, 0.2) is 12.7 Å². The van der Waals surface area contributed by atoms with E-state index in [2.05, 4.69) is 5.32 Å². The SMILES string of the molecule is CCCNC(=O)[C@@H]1CN(C(=O)COc2ccccc2)c2ccccc2O1. The Bertz CT molecular complexity index is 763. The van der Waals surface area contributed by atoms with Crippen LogP contribution in [-0.2, 0) is 9.59 Å². The predicted molar refractivity (Wildman–Crippen MR) is 98.4 cm³/mol. The van der Waals surface area contributed by atoms with Gasteiger partial charge in [0.2, 0.25) is 0 Å². The molecule has 0 radical (unpaired) electrons. The first-order chi connectivity index (χ1) is 12.7. The lowest BCUT2D eigenvalue weighted by atomic mass is 10.1. The van der Waals surface area contributed by atoms with Gasteiger partial charge in [0, 0.05) is 6.54 Å². The molecule has 6 heteroatoms. The van der Waals surface area contributed by atoms with Gasteiger partial charge in [-0.15, -0.1) is 0 Å². The van der Waals surface area contributed by atoms with Crippen LogP contribution in [0, 0.1) is 0 Å². The number of fused-ring (bicyclic) bond motifs is 1. The fraction of sp³-hybridized carbons (Fsp3) is 0.300. The van der Waals surface area contributed by atoms with Crippen molar-refractivity contribution in [3.05, 3.63) is 54.6 Å². The lowest BCUT2D eigenvalue weighted by Crippen LogP contribution is -2.51. The minimum atomic E-state index is -0.739. The number of carbonyl (C=O) groups excluding carboxylic acids is 2. The number of hydrogen-bond acceptors (Lipinski definition) is 4. The topological polar surface area (TPSA) is 67.9 Å². The Balaban J connectivity index is 1.73. The van der Waals surface area contributed by atoms with Gasteiger partial charge in [0.1, 0.15) is 11.5 Å². The summed E-state index contributed by atoms with van der Waals surface area (Å²) in [5.41, 5.74) is 0.647. The Morgan fingerprint density at radius 2 is 1.88 bits per heavy atom. The van der Waals surface area contributed by atoms with Gasteiger partial charge >= 0.3 is 0 Å². The molecule has 0 spiro atoms. The first kappa shape index (κ1) is 17.8. The van der Waals surface area contributed by atoms with E-state index in [1.807, 2.05) is 37.3 Å². The van der Waals surface area contributed by atoms with Gasteiger partial charge in [0.05, 0.1) is 12.2 Å². The van der Waals surface area contributed by atoms with Crippen LogP contribution in [0.2, 0.25) is 0 Å². The van der Waals surface area contributed by atoms with E-state index >= 15 is 0 Å². The summed E-state index contributed by atoms with van der Waals surface area (Å²) in [5.74, 6) is 0.698. The molecule has 136 valence electrons. The first-order valence-electron chi connectivity index (χ1n) is 8.70. The highest BCUT2D eigenvalue weighted by atomic mass is 16.5. The van der Waals surface area contributed by atoms with E-state index in [0.29, 0.717) is 23.7 Å². The van der Waals surface area contributed by atoms with E-state index in [9.17, 15) is 9.59 Å². The number of nitrogens with one attached hydrogen (secondary N) is 1. The third-order valence-electron chi connectivity index (χ3n) is 4.02. The monoisotopic (exact) mass is 354 g/mol. The van der Waals surface area contributed by atoms with E-state index in [4.69, 9.17) is 9.47 Å². The van der Waals surface area contributed by atoms with Gasteiger partial charge in [-0.3, -0.25) is 9.59 Å². The molecule has 3 rings (SSSR count). The van der Waals surface area contributed by atoms with Crippen molar-refractivity contribution >= 4 is 17.5 Å². The van der Waals surface area contributed by atoms with Crippen LogP contribution in [0.25, 0.3) is 0 Å². The molecule has 1 aliphatic heterocycles. The Labute approximate surface area is 152 Å². The number of hydrogen-bond donors (Lipinski definition) is 1. The molecular weight excluding hydrogens is 332 g/mol. The second kappa shape index (κ2) is 8.38. The Kier molecular flexibility index (Phi) is 5.73. The van der Waals surface area contributed by atoms with Crippen molar-refractivity contribution in [2.45, 2.75) is 19.4 Å². The number of nitrogens with zero attached hydrogens (tertiary/aromatic N) is 1. The summed E-state index contributed by atoms with van der Waals surface area (Å²) >= 11 is 0. The summed E-state index contributed by atoms with van der Waals surface area (Å²) in [6.45, 7) is 2.60. The van der Waals surface area contributed by atoms with Gasteiger partial charge in [-0.1, -0.05) is 37.3 Å². The summed E-state index contributed by atoms with van der Waals surface area (Å²) in [5, 5.41) is 2.82. The molecule has 1 atom stereocenters. The van der Waals surface area contributed by atoms with E-state index in [0.717, 1.165) is 6.42 Å². The van der Waals surface area contributed by atoms with E-state index in [1.54, 1.807) is 29.2 Å². The lowest BCUT2D eigenvalue weighted by molar-refractivity contribution is -0.128. The Morgan fingerprint density at radius 1 is 1.15 bits per heavy atom. The molecule has 0 fully saturated rings. The molecule has 0 aliphatic carbocycles. The molecule has 0 bridgehead atoms. The zero-order chi connectivity index (χ0) is 18.4. The predicted octanol–water partition coefficient (Wildman–Crippen LogP) is 2.39. The first-order valence-corrected chi connectivity index (χ1v) is 8.70. The molecule has 2 aromatic carbocycles. The Hall–Kier alpha value is -3.02. The molecule has 1 aliphatic rings. The van der Waals surface area contributed by atoms with E-state index in [1.165, 1.54) is 0 Å². The van der Waals surface area contributed by atoms with Gasteiger partial charge in [-0.25, -0.2) is 0 Å². The summed E-state index contributed by atoms with van der Waals surface area (Å²) in [6, 6.07) is 16.4. The van der Waals surface area contributed by atoms with Gasteiger partial charge in [0.25, 0.3) is 11.8 Å². The molecule has 0 aromatic heterocycles. The van der Waals surface area contributed by atoms with E-state index < -0.39 is 6.10 Å². The number of para-hydroxylation sites is 3. The molecule has 0 unspecified atom stereocenters. The second-order valence-corrected chi connectivity index (χ2v) is 5.97. The molecule has 1 N–H and O–H groups in total. The van der Waals surface area contributed by atoms with Crippen molar-refractivity contribution in [3.8, 4) is 11.5 Å². The normalized spacial score (nSPS) is 15.6. The van der Waals surface area contributed by atoms with Crippen LogP contribution in [0.15, 0.2) is 54.6 Å². The molecule has 6 nitrogen and oxygen atoms in total. The number of rotatable bonds is 6. The largest absolute Gasteiger partial charge is 0.484 e. The molecule has 2 aromatic rings. The van der Waals surface area contributed by atoms with Crippen LogP contribution < -0.4 is 19.7 Å². The summed E-state index contributed by atoms with van der Waals surface area (Å²) in [7, 11) is 0. The average molecular weight is 354 g/mol. The summed E-state index contributed by atoms with van der Waals surface area (Å²) in [6.07, 6.45) is 0.0971. The molecule has 0 saturated heterocycles. The van der Waals surface area contributed by atoms with Crippen molar-refractivity contribution in [2.24, 2.45) is 0 Å². The number of ether oxygens (including phenoxy) is 2. The van der Waals surface area contributed by atoms with Gasteiger partial charge < -0.3 is 19.7 Å². The highest BCUT2D eigenvalue weighted by molar-refractivity contribution is 5.98. The number of anilines is 1. The zero-order valence-electron chi connectivity index (χ0n) is 14.7. The van der Waals surface area contributed by atoms with Crippen molar-refractivity contribution in [3.63, 3.8) is 0 Å². The average Bonchev–Trinajstić information content (AvgIpc) is 2.70. The standard InChI is InChI=1S/C20H22N2O4/c1-2-12-21-20(24)18-13-22(16-10-6-7-11-17(16)26-18)19(23)14-25-15-8-4-3-5-9-15/h3-11,18H,2,12-14H2,1H3,(H,21,24)/t18-/m0/s1. The van der Waals surface area contributed by atoms with Crippen molar-refractivity contribution in [1.29, 1.82) is 0 Å². The summed E-state index contributed by atoms with van der Waals surface area (Å²) < 4.78 is 11.4. The molecular formula is C20H22N2O4. The van der Waals surface area contributed by atoms with Crippen LogP contribution >= 0.6 is 0 Å². The molecule has 0 saturated carbocycles. The Morgan fingerprint density at radius 3 is 2.65 bits per heavy atom. The third-order valence-corrected chi connectivity index (χ3v) is 4.02. The maximum Gasteiger partial charge on any atom is 0.265 e. The zero-order valence-corrected chi connectivity index (χ0v) is 14.7. The smallest absolute Gasteiger partial charge is 0.265 e. The van der Waals surface area contributed by atoms with Gasteiger partial charge in [-0.05, 0) is 30.7 Å². The van der Waals surface area contributed by atoms with Crippen molar-refractivity contribution in [2.75, 3.05) is 24.6 Å². The fourth-order valence-corrected chi connectivity index (χ4v) is 2.71. The maximum absolute atomic E-state index is 12.7. The highest BCUT2D eigenvalue weighted by Gasteiger charge is 2.33. The van der Waals surface area contributed by atoms with Crippen LogP contribution in [-0.4, -0.2) is 37.6 Å². The fourth-order valence-electron chi connectivity index (χ4n) is 2.71. The maximum atomic E-state index is 12.7. The molecule has 2 amide bonds. The number of carbonyl (C=O) groups is 2. The van der Waals surface area contributed by atoms with Gasteiger partial charge in [-0.2, -0.15) is 0 Å². The minimum absolute atomic E-state index is 0.109. The van der Waals surface area contributed by atoms with Crippen LogP contribution in [0.1, 0.15) is 13.3 Å². The summed E-state index contributed by atoms with van der Waals surface area (Å²) in [4.78, 5) is 26.6. The number of amides is 2. The molecule has 1 heterocycles. The van der Waals surface area contributed by atoms with Crippen molar-refractivity contribution < 1.29 is 19.1 Å². The third kappa shape index (κ3) is 4.14. The quantitative estimate of drug-likeness (QED) is 0.865. The van der Waals surface area contributed by atoms with Crippen LogP contribution in [0.4, 0.5) is 5.69 Å². The number of benzene rings is 2. The second-order valence-electron chi connectivity index (χ2n) is 5.97. The molecule has 26 heavy (non-hydrogen) atoms. The van der Waals surface area contributed by atoms with E-state index in [-0.39, 0.29) is 25.0 Å². The van der Waals surface area contributed by atoms with Crippen molar-refractivity contribution in [1.82, 2.24) is 5.32 Å². The lowest BCUT2D eigenvalue weighted by Gasteiger charge is -2.34. The van der Waals surface area contributed by atoms with Crippen LogP contribution in [0.5, 0.6) is 11.5 Å².